The highest BCUT2D eigenvalue weighted by Gasteiger charge is 2.30. The Balaban J connectivity index is 1.52. The van der Waals surface area contributed by atoms with Gasteiger partial charge in [-0.3, -0.25) is 20.4 Å². The highest BCUT2D eigenvalue weighted by atomic mass is 32.2. The third kappa shape index (κ3) is 3.76. The maximum absolute atomic E-state index is 12.1. The number of benzene rings is 1. The van der Waals surface area contributed by atoms with Crippen molar-refractivity contribution in [3.8, 4) is 0 Å². The number of nitrogens with zero attached hydrogens (tertiary/aromatic N) is 3. The summed E-state index contributed by atoms with van der Waals surface area (Å²) in [5.74, 6) is 0.838. The van der Waals surface area contributed by atoms with Gasteiger partial charge in [-0.05, 0) is 31.9 Å². The number of aromatic nitrogens is 3. The van der Waals surface area contributed by atoms with Crippen LogP contribution in [0.5, 0.6) is 0 Å². The molecule has 8 heteroatoms. The van der Waals surface area contributed by atoms with Gasteiger partial charge in [-0.2, -0.15) is 0 Å². The molecule has 0 radical (unpaired) electrons. The van der Waals surface area contributed by atoms with Gasteiger partial charge in [0, 0.05) is 18.5 Å². The molecule has 1 aliphatic rings. The summed E-state index contributed by atoms with van der Waals surface area (Å²) < 4.78 is 1.94. The van der Waals surface area contributed by atoms with E-state index in [0.717, 1.165) is 18.7 Å². The highest BCUT2D eigenvalue weighted by Crippen LogP contribution is 2.39. The van der Waals surface area contributed by atoms with Crippen molar-refractivity contribution < 1.29 is 9.59 Å². The van der Waals surface area contributed by atoms with E-state index >= 15 is 0 Å². The van der Waals surface area contributed by atoms with Gasteiger partial charge in [0.05, 0.1) is 5.25 Å². The summed E-state index contributed by atoms with van der Waals surface area (Å²) in [6.45, 7) is 1.76. The highest BCUT2D eigenvalue weighted by molar-refractivity contribution is 8.00. The lowest BCUT2D eigenvalue weighted by Gasteiger charge is -2.12. The van der Waals surface area contributed by atoms with E-state index in [9.17, 15) is 9.59 Å². The monoisotopic (exact) mass is 345 g/mol. The molecular weight excluding hydrogens is 326 g/mol. The summed E-state index contributed by atoms with van der Waals surface area (Å²) in [6, 6.07) is 8.71. The summed E-state index contributed by atoms with van der Waals surface area (Å²) >= 11 is 1.32. The Morgan fingerprint density at radius 2 is 1.92 bits per heavy atom. The van der Waals surface area contributed by atoms with E-state index in [1.165, 1.54) is 11.8 Å². The molecule has 1 saturated carbocycles. The molecule has 1 aromatic carbocycles. The van der Waals surface area contributed by atoms with E-state index < -0.39 is 5.25 Å². The Labute approximate surface area is 144 Å². The van der Waals surface area contributed by atoms with Crippen molar-refractivity contribution >= 4 is 23.6 Å². The van der Waals surface area contributed by atoms with E-state index in [2.05, 4.69) is 21.0 Å². The average Bonchev–Trinajstić information content (AvgIpc) is 3.38. The normalized spacial score (nSPS) is 14.9. The number of carbonyl (C=O) groups is 2. The minimum absolute atomic E-state index is 0.291. The van der Waals surface area contributed by atoms with E-state index in [1.807, 2.05) is 17.7 Å². The molecule has 7 nitrogen and oxygen atoms in total. The van der Waals surface area contributed by atoms with Crippen molar-refractivity contribution in [1.29, 1.82) is 0 Å². The van der Waals surface area contributed by atoms with Crippen LogP contribution in [0.2, 0.25) is 0 Å². The SMILES string of the molecule is C[C@@H](Sc1nnc(C2CC2)n1C)C(=O)NNC(=O)c1ccccc1. The largest absolute Gasteiger partial charge is 0.309 e. The molecule has 2 N–H and O–H groups in total. The molecule has 126 valence electrons. The summed E-state index contributed by atoms with van der Waals surface area (Å²) in [7, 11) is 1.91. The van der Waals surface area contributed by atoms with Crippen LogP contribution in [-0.2, 0) is 11.8 Å². The lowest BCUT2D eigenvalue weighted by molar-refractivity contribution is -0.121. The Morgan fingerprint density at radius 1 is 1.21 bits per heavy atom. The summed E-state index contributed by atoms with van der Waals surface area (Å²) in [5.41, 5.74) is 5.35. The van der Waals surface area contributed by atoms with Crippen molar-refractivity contribution in [3.63, 3.8) is 0 Å². The Kier molecular flexibility index (Phi) is 4.84. The molecule has 0 bridgehead atoms. The van der Waals surface area contributed by atoms with Crippen molar-refractivity contribution in [2.75, 3.05) is 0 Å². The lowest BCUT2D eigenvalue weighted by atomic mass is 10.2. The van der Waals surface area contributed by atoms with Crippen LogP contribution in [0.3, 0.4) is 0 Å². The number of nitrogens with one attached hydrogen (secondary N) is 2. The van der Waals surface area contributed by atoms with Gasteiger partial charge < -0.3 is 4.57 Å². The van der Waals surface area contributed by atoms with Gasteiger partial charge in [0.2, 0.25) is 0 Å². The topological polar surface area (TPSA) is 88.9 Å². The standard InChI is InChI=1S/C16H19N5O2S/c1-10(24-16-20-17-13(21(16)2)11-8-9-11)14(22)18-19-15(23)12-6-4-3-5-7-12/h3-7,10-11H,8-9H2,1-2H3,(H,18,22)(H,19,23)/t10-/m1/s1. The van der Waals surface area contributed by atoms with Gasteiger partial charge in [-0.1, -0.05) is 30.0 Å². The van der Waals surface area contributed by atoms with Crippen LogP contribution >= 0.6 is 11.8 Å². The van der Waals surface area contributed by atoms with Crippen LogP contribution < -0.4 is 10.9 Å². The molecule has 0 saturated heterocycles. The van der Waals surface area contributed by atoms with E-state index in [0.29, 0.717) is 16.6 Å². The number of carbonyl (C=O) groups excluding carboxylic acids is 2. The Morgan fingerprint density at radius 3 is 2.58 bits per heavy atom. The van der Waals surface area contributed by atoms with Crippen molar-refractivity contribution in [2.45, 2.75) is 36.1 Å². The zero-order valence-corrected chi connectivity index (χ0v) is 14.3. The summed E-state index contributed by atoms with van der Waals surface area (Å²) in [5, 5.41) is 8.64. The van der Waals surface area contributed by atoms with Crippen LogP contribution in [0, 0.1) is 0 Å². The van der Waals surface area contributed by atoms with Crippen molar-refractivity contribution in [1.82, 2.24) is 25.6 Å². The molecule has 0 aliphatic heterocycles. The van der Waals surface area contributed by atoms with Crippen LogP contribution in [0.25, 0.3) is 0 Å². The van der Waals surface area contributed by atoms with Crippen LogP contribution in [0.15, 0.2) is 35.5 Å². The molecule has 1 fully saturated rings. The van der Waals surface area contributed by atoms with Gasteiger partial charge in [0.15, 0.2) is 5.16 Å². The van der Waals surface area contributed by atoms with E-state index in [-0.39, 0.29) is 11.8 Å². The summed E-state index contributed by atoms with van der Waals surface area (Å²) in [6.07, 6.45) is 2.30. The first-order valence-corrected chi connectivity index (χ1v) is 8.65. The summed E-state index contributed by atoms with van der Waals surface area (Å²) in [4.78, 5) is 24.1. The molecule has 3 rings (SSSR count). The van der Waals surface area contributed by atoms with Gasteiger partial charge in [0.25, 0.3) is 11.8 Å². The number of rotatable bonds is 5. The first-order chi connectivity index (χ1) is 11.6. The van der Waals surface area contributed by atoms with Crippen LogP contribution in [-0.4, -0.2) is 31.8 Å². The smallest absolute Gasteiger partial charge is 0.269 e. The van der Waals surface area contributed by atoms with Crippen molar-refractivity contribution in [3.05, 3.63) is 41.7 Å². The third-order valence-corrected chi connectivity index (χ3v) is 4.93. The third-order valence-electron chi connectivity index (χ3n) is 3.80. The Hall–Kier alpha value is -2.35. The number of hydrogen-bond acceptors (Lipinski definition) is 5. The van der Waals surface area contributed by atoms with Crippen molar-refractivity contribution in [2.24, 2.45) is 7.05 Å². The van der Waals surface area contributed by atoms with Gasteiger partial charge in [-0.15, -0.1) is 10.2 Å². The Bertz CT molecular complexity index is 742. The minimum Gasteiger partial charge on any atom is -0.309 e. The first-order valence-electron chi connectivity index (χ1n) is 7.77. The van der Waals surface area contributed by atoms with Crippen LogP contribution in [0.1, 0.15) is 41.9 Å². The molecule has 1 atom stereocenters. The molecule has 1 aliphatic carbocycles. The zero-order chi connectivity index (χ0) is 17.1. The second-order valence-electron chi connectivity index (χ2n) is 5.74. The number of hydrazine groups is 1. The molecule has 24 heavy (non-hydrogen) atoms. The fourth-order valence-electron chi connectivity index (χ4n) is 2.22. The zero-order valence-electron chi connectivity index (χ0n) is 13.5. The number of amides is 2. The predicted molar refractivity (Wildman–Crippen MR) is 90.3 cm³/mol. The predicted octanol–water partition coefficient (Wildman–Crippen LogP) is 1.63. The maximum atomic E-state index is 12.1. The molecular formula is C16H19N5O2S. The second-order valence-corrected chi connectivity index (χ2v) is 7.05. The average molecular weight is 345 g/mol. The maximum Gasteiger partial charge on any atom is 0.269 e. The first kappa shape index (κ1) is 16.5. The number of thioether (sulfide) groups is 1. The van der Waals surface area contributed by atoms with Gasteiger partial charge in [0.1, 0.15) is 5.82 Å². The fourth-order valence-corrected chi connectivity index (χ4v) is 3.04. The molecule has 2 amide bonds. The lowest BCUT2D eigenvalue weighted by Crippen LogP contribution is -2.44. The minimum atomic E-state index is -0.406. The second kappa shape index (κ2) is 7.04. The molecule has 0 unspecified atom stereocenters. The molecule has 1 heterocycles. The van der Waals surface area contributed by atoms with Gasteiger partial charge >= 0.3 is 0 Å². The fraction of sp³-hybridized carbons (Fsp3) is 0.375. The van der Waals surface area contributed by atoms with Crippen LogP contribution in [0.4, 0.5) is 0 Å². The van der Waals surface area contributed by atoms with E-state index in [1.54, 1.807) is 31.2 Å². The quantitative estimate of drug-likeness (QED) is 0.635. The number of hydrogen-bond donors (Lipinski definition) is 2. The van der Waals surface area contributed by atoms with Gasteiger partial charge in [-0.25, -0.2) is 0 Å². The molecule has 2 aromatic rings. The molecule has 0 spiro atoms. The van der Waals surface area contributed by atoms with E-state index in [4.69, 9.17) is 0 Å². The molecule has 1 aromatic heterocycles.